The highest BCUT2D eigenvalue weighted by Crippen LogP contribution is 2.10. The first kappa shape index (κ1) is 15.5. The third kappa shape index (κ3) is 5.55. The summed E-state index contributed by atoms with van der Waals surface area (Å²) in [5.41, 5.74) is 2.02. The van der Waals surface area contributed by atoms with Crippen LogP contribution in [0.5, 0.6) is 0 Å². The molecule has 0 atom stereocenters. The molecule has 2 rings (SSSR count). The monoisotopic (exact) mass is 350 g/mol. The van der Waals surface area contributed by atoms with Crippen LogP contribution in [-0.4, -0.2) is 12.6 Å². The van der Waals surface area contributed by atoms with Crippen LogP contribution >= 0.6 is 15.9 Å². The van der Waals surface area contributed by atoms with Gasteiger partial charge >= 0.3 is 6.03 Å². The maximum atomic E-state index is 12.7. The molecule has 0 aliphatic rings. The highest BCUT2D eigenvalue weighted by atomic mass is 79.9. The molecule has 3 nitrogen and oxygen atoms in total. The number of benzene rings is 2. The lowest BCUT2D eigenvalue weighted by atomic mass is 10.1. The van der Waals surface area contributed by atoms with Crippen LogP contribution in [0, 0.1) is 5.82 Å². The molecule has 21 heavy (non-hydrogen) atoms. The van der Waals surface area contributed by atoms with Gasteiger partial charge in [-0.25, -0.2) is 9.18 Å². The number of nitrogens with one attached hydrogen (secondary N) is 2. The van der Waals surface area contributed by atoms with E-state index in [1.807, 2.05) is 24.3 Å². The Morgan fingerprint density at radius 3 is 2.24 bits per heavy atom. The average Bonchev–Trinajstić information content (AvgIpc) is 2.49. The molecular weight excluding hydrogens is 335 g/mol. The second-order valence-corrected chi connectivity index (χ2v) is 5.53. The van der Waals surface area contributed by atoms with Crippen molar-refractivity contribution in [3.8, 4) is 0 Å². The lowest BCUT2D eigenvalue weighted by molar-refractivity contribution is 0.240. The van der Waals surface area contributed by atoms with Crippen LogP contribution in [0.2, 0.25) is 0 Å². The zero-order chi connectivity index (χ0) is 15.1. The molecule has 5 heteroatoms. The minimum Gasteiger partial charge on any atom is -0.338 e. The zero-order valence-corrected chi connectivity index (χ0v) is 13.0. The summed E-state index contributed by atoms with van der Waals surface area (Å²) in [6, 6.07) is 13.8. The van der Waals surface area contributed by atoms with E-state index in [2.05, 4.69) is 26.6 Å². The molecule has 0 fully saturated rings. The van der Waals surface area contributed by atoms with Crippen LogP contribution in [0.25, 0.3) is 0 Å². The Kier molecular flexibility index (Phi) is 5.75. The molecule has 2 amide bonds. The van der Waals surface area contributed by atoms with E-state index in [9.17, 15) is 9.18 Å². The van der Waals surface area contributed by atoms with E-state index in [-0.39, 0.29) is 11.8 Å². The van der Waals surface area contributed by atoms with Crippen molar-refractivity contribution in [2.45, 2.75) is 13.0 Å². The number of halogens is 2. The maximum Gasteiger partial charge on any atom is 0.315 e. The molecule has 110 valence electrons. The molecule has 0 aliphatic heterocycles. The first-order valence-corrected chi connectivity index (χ1v) is 7.43. The Hall–Kier alpha value is -1.88. The maximum absolute atomic E-state index is 12.7. The van der Waals surface area contributed by atoms with Gasteiger partial charge in [-0.1, -0.05) is 40.2 Å². The van der Waals surface area contributed by atoms with E-state index in [1.165, 1.54) is 12.1 Å². The predicted octanol–water partition coefficient (Wildman–Crippen LogP) is 3.63. The molecule has 0 unspecified atom stereocenters. The number of rotatable bonds is 5. The van der Waals surface area contributed by atoms with Crippen molar-refractivity contribution < 1.29 is 9.18 Å². The number of carbonyl (C=O) groups is 1. The third-order valence-corrected chi connectivity index (χ3v) is 3.51. The van der Waals surface area contributed by atoms with Gasteiger partial charge in [0.25, 0.3) is 0 Å². The predicted molar refractivity (Wildman–Crippen MR) is 84.5 cm³/mol. The van der Waals surface area contributed by atoms with Crippen molar-refractivity contribution >= 4 is 22.0 Å². The number of amides is 2. The third-order valence-electron chi connectivity index (χ3n) is 2.98. The van der Waals surface area contributed by atoms with E-state index in [1.54, 1.807) is 12.1 Å². The fourth-order valence-corrected chi connectivity index (χ4v) is 2.08. The van der Waals surface area contributed by atoms with Gasteiger partial charge in [0.05, 0.1) is 0 Å². The van der Waals surface area contributed by atoms with Crippen LogP contribution in [0.15, 0.2) is 53.0 Å². The minimum atomic E-state index is -0.280. The first-order valence-electron chi connectivity index (χ1n) is 6.64. The molecule has 0 saturated heterocycles. The Morgan fingerprint density at radius 1 is 0.952 bits per heavy atom. The van der Waals surface area contributed by atoms with E-state index >= 15 is 0 Å². The minimum absolute atomic E-state index is 0.226. The molecule has 2 aromatic rings. The molecule has 0 heterocycles. The van der Waals surface area contributed by atoms with Crippen LogP contribution in [0.3, 0.4) is 0 Å². The molecule has 0 radical (unpaired) electrons. The summed E-state index contributed by atoms with van der Waals surface area (Å²) in [4.78, 5) is 11.6. The Balaban J connectivity index is 1.67. The van der Waals surface area contributed by atoms with Crippen molar-refractivity contribution in [3.63, 3.8) is 0 Å². The summed E-state index contributed by atoms with van der Waals surface area (Å²) in [5.74, 6) is -0.280. The highest BCUT2D eigenvalue weighted by molar-refractivity contribution is 9.10. The summed E-state index contributed by atoms with van der Waals surface area (Å²) in [6.45, 7) is 0.946. The van der Waals surface area contributed by atoms with E-state index in [0.717, 1.165) is 22.0 Å². The quantitative estimate of drug-likeness (QED) is 0.849. The van der Waals surface area contributed by atoms with Crippen molar-refractivity contribution in [1.29, 1.82) is 0 Å². The smallest absolute Gasteiger partial charge is 0.315 e. The van der Waals surface area contributed by atoms with Crippen molar-refractivity contribution in [1.82, 2.24) is 10.6 Å². The SMILES string of the molecule is O=C(NCCc1ccc(Br)cc1)NCc1ccc(F)cc1. The normalized spacial score (nSPS) is 10.2. The van der Waals surface area contributed by atoms with Gasteiger partial charge in [-0.05, 0) is 41.8 Å². The zero-order valence-electron chi connectivity index (χ0n) is 11.4. The van der Waals surface area contributed by atoms with Gasteiger partial charge in [0.2, 0.25) is 0 Å². The van der Waals surface area contributed by atoms with Gasteiger partial charge in [-0.15, -0.1) is 0 Å². The number of carbonyl (C=O) groups excluding carboxylic acids is 1. The Labute approximate surface area is 131 Å². The van der Waals surface area contributed by atoms with Crippen LogP contribution in [-0.2, 0) is 13.0 Å². The Bertz CT molecular complexity index is 584. The van der Waals surface area contributed by atoms with Gasteiger partial charge in [0.1, 0.15) is 5.82 Å². The second kappa shape index (κ2) is 7.78. The summed E-state index contributed by atoms with van der Waals surface area (Å²) in [7, 11) is 0. The molecule has 0 saturated carbocycles. The summed E-state index contributed by atoms with van der Waals surface area (Å²) < 4.78 is 13.8. The highest BCUT2D eigenvalue weighted by Gasteiger charge is 2.01. The van der Waals surface area contributed by atoms with E-state index < -0.39 is 0 Å². The van der Waals surface area contributed by atoms with Gasteiger partial charge in [0.15, 0.2) is 0 Å². The molecule has 2 aromatic carbocycles. The van der Waals surface area contributed by atoms with E-state index in [4.69, 9.17) is 0 Å². The number of hydrogen-bond donors (Lipinski definition) is 2. The molecule has 0 aliphatic carbocycles. The second-order valence-electron chi connectivity index (χ2n) is 4.61. The molecular formula is C16H16BrFN2O. The van der Waals surface area contributed by atoms with Crippen LogP contribution in [0.1, 0.15) is 11.1 Å². The molecule has 0 spiro atoms. The van der Waals surface area contributed by atoms with Gasteiger partial charge < -0.3 is 10.6 Å². The fourth-order valence-electron chi connectivity index (χ4n) is 1.82. The number of urea groups is 1. The molecule has 2 N–H and O–H groups in total. The number of hydrogen-bond acceptors (Lipinski definition) is 1. The largest absolute Gasteiger partial charge is 0.338 e. The summed E-state index contributed by atoms with van der Waals surface area (Å²) in [5, 5.41) is 5.53. The molecule has 0 bridgehead atoms. The topological polar surface area (TPSA) is 41.1 Å². The first-order chi connectivity index (χ1) is 10.1. The van der Waals surface area contributed by atoms with Gasteiger partial charge in [-0.2, -0.15) is 0 Å². The summed E-state index contributed by atoms with van der Waals surface area (Å²) >= 11 is 3.38. The summed E-state index contributed by atoms with van der Waals surface area (Å²) in [6.07, 6.45) is 0.775. The fraction of sp³-hybridized carbons (Fsp3) is 0.188. The van der Waals surface area contributed by atoms with Gasteiger partial charge in [0, 0.05) is 17.6 Å². The van der Waals surface area contributed by atoms with Crippen LogP contribution in [0.4, 0.5) is 9.18 Å². The van der Waals surface area contributed by atoms with Crippen molar-refractivity contribution in [2.75, 3.05) is 6.54 Å². The standard InChI is InChI=1S/C16H16BrFN2O/c17-14-5-1-12(2-6-14)9-10-19-16(21)20-11-13-3-7-15(18)8-4-13/h1-8H,9-11H2,(H2,19,20,21). The van der Waals surface area contributed by atoms with Gasteiger partial charge in [-0.3, -0.25) is 0 Å². The lowest BCUT2D eigenvalue weighted by Crippen LogP contribution is -2.36. The Morgan fingerprint density at radius 2 is 1.57 bits per heavy atom. The van der Waals surface area contributed by atoms with E-state index in [0.29, 0.717) is 13.1 Å². The van der Waals surface area contributed by atoms with Crippen LogP contribution < -0.4 is 10.6 Å². The van der Waals surface area contributed by atoms with Crippen molar-refractivity contribution in [3.05, 3.63) is 69.9 Å². The lowest BCUT2D eigenvalue weighted by Gasteiger charge is -2.08. The average molecular weight is 351 g/mol. The molecule has 0 aromatic heterocycles. The van der Waals surface area contributed by atoms with Crippen molar-refractivity contribution in [2.24, 2.45) is 0 Å².